The fourth-order valence-corrected chi connectivity index (χ4v) is 3.42. The lowest BCUT2D eigenvalue weighted by molar-refractivity contribution is 0.535. The van der Waals surface area contributed by atoms with Crippen molar-refractivity contribution in [3.63, 3.8) is 0 Å². The van der Waals surface area contributed by atoms with Crippen molar-refractivity contribution in [2.45, 2.75) is 65.5 Å². The predicted molar refractivity (Wildman–Crippen MR) is 84.2 cm³/mol. The molecule has 3 nitrogen and oxygen atoms in total. The van der Waals surface area contributed by atoms with Crippen LogP contribution in [0.5, 0.6) is 0 Å². The molecular weight excluding hydrogens is 254 g/mol. The van der Waals surface area contributed by atoms with E-state index in [1.165, 1.54) is 35.0 Å². The molecule has 1 heterocycles. The highest BCUT2D eigenvalue weighted by atomic mass is 32.1. The number of hydrogen-bond acceptors (Lipinski definition) is 4. The second-order valence-corrected chi connectivity index (χ2v) is 6.50. The van der Waals surface area contributed by atoms with Gasteiger partial charge in [0.05, 0.1) is 5.69 Å². The Morgan fingerprint density at radius 3 is 2.53 bits per heavy atom. The number of thiazole rings is 1. The van der Waals surface area contributed by atoms with E-state index in [9.17, 15) is 0 Å². The zero-order valence-electron chi connectivity index (χ0n) is 12.7. The lowest BCUT2D eigenvalue weighted by Gasteiger charge is -2.16. The summed E-state index contributed by atoms with van der Waals surface area (Å²) in [5.41, 5.74) is 1.38. The molecule has 1 N–H and O–H groups in total. The largest absolute Gasteiger partial charge is 0.349 e. The summed E-state index contributed by atoms with van der Waals surface area (Å²) in [6.45, 7) is 12.0. The molecule has 0 saturated heterocycles. The molecule has 1 fully saturated rings. The van der Waals surface area contributed by atoms with Crippen molar-refractivity contribution < 1.29 is 0 Å². The van der Waals surface area contributed by atoms with Crippen LogP contribution in [-0.4, -0.2) is 24.1 Å². The van der Waals surface area contributed by atoms with E-state index in [0.29, 0.717) is 6.04 Å². The highest BCUT2D eigenvalue weighted by Crippen LogP contribution is 2.44. The molecule has 0 aromatic carbocycles. The first-order chi connectivity index (χ1) is 9.19. The molecule has 0 amide bonds. The maximum atomic E-state index is 4.92. The van der Waals surface area contributed by atoms with Gasteiger partial charge in [0.1, 0.15) is 0 Å². The van der Waals surface area contributed by atoms with Gasteiger partial charge in [-0.05, 0) is 40.0 Å². The summed E-state index contributed by atoms with van der Waals surface area (Å²) >= 11 is 1.89. The smallest absolute Gasteiger partial charge is 0.185 e. The van der Waals surface area contributed by atoms with Gasteiger partial charge in [-0.25, -0.2) is 4.98 Å². The molecule has 1 aliphatic carbocycles. The zero-order valence-corrected chi connectivity index (χ0v) is 13.5. The molecule has 1 atom stereocenters. The van der Waals surface area contributed by atoms with Crippen LogP contribution in [0.2, 0.25) is 0 Å². The van der Waals surface area contributed by atoms with E-state index >= 15 is 0 Å². The van der Waals surface area contributed by atoms with Crippen LogP contribution in [0, 0.1) is 0 Å². The number of rotatable bonds is 8. The van der Waals surface area contributed by atoms with Gasteiger partial charge in [0.25, 0.3) is 0 Å². The van der Waals surface area contributed by atoms with Gasteiger partial charge in [-0.1, -0.05) is 6.92 Å². The second kappa shape index (κ2) is 6.71. The van der Waals surface area contributed by atoms with Crippen LogP contribution in [-0.2, 0) is 6.54 Å². The van der Waals surface area contributed by atoms with Gasteiger partial charge in [0.2, 0.25) is 0 Å². The SMILES string of the molecule is CCC(C)NCc1sc(N(CC)CC)nc1C1CC1. The standard InChI is InChI=1S/C15H27N3S/c1-5-11(4)16-10-13-14(12-8-9-12)17-15(19-13)18(6-2)7-3/h11-12,16H,5-10H2,1-4H3. The minimum atomic E-state index is 0.589. The summed E-state index contributed by atoms with van der Waals surface area (Å²) in [6.07, 6.45) is 3.84. The van der Waals surface area contributed by atoms with Crippen LogP contribution in [0.25, 0.3) is 0 Å². The third kappa shape index (κ3) is 3.69. The summed E-state index contributed by atoms with van der Waals surface area (Å²) in [5, 5.41) is 4.83. The molecule has 108 valence electrons. The van der Waals surface area contributed by atoms with Crippen LogP contribution in [0.4, 0.5) is 5.13 Å². The maximum Gasteiger partial charge on any atom is 0.185 e. The van der Waals surface area contributed by atoms with E-state index in [0.717, 1.165) is 25.6 Å². The van der Waals surface area contributed by atoms with Crippen LogP contribution in [0.3, 0.4) is 0 Å². The quantitative estimate of drug-likeness (QED) is 0.786. The lowest BCUT2D eigenvalue weighted by atomic mass is 10.2. The Bertz CT molecular complexity index is 394. The third-order valence-corrected chi connectivity index (χ3v) is 5.07. The average molecular weight is 281 g/mol. The first kappa shape index (κ1) is 14.8. The lowest BCUT2D eigenvalue weighted by Crippen LogP contribution is -2.24. The van der Waals surface area contributed by atoms with Crippen LogP contribution in [0.1, 0.15) is 63.4 Å². The van der Waals surface area contributed by atoms with Gasteiger partial charge in [-0.2, -0.15) is 0 Å². The normalized spacial score (nSPS) is 16.6. The van der Waals surface area contributed by atoms with E-state index in [-0.39, 0.29) is 0 Å². The first-order valence-corrected chi connectivity index (χ1v) is 8.49. The molecular formula is C15H27N3S. The minimum absolute atomic E-state index is 0.589. The highest BCUT2D eigenvalue weighted by Gasteiger charge is 2.30. The summed E-state index contributed by atoms with van der Waals surface area (Å²) in [5.74, 6) is 0.745. The molecule has 19 heavy (non-hydrogen) atoms. The average Bonchev–Trinajstić information content (AvgIpc) is 3.19. The Labute approximate surface area is 121 Å². The van der Waals surface area contributed by atoms with E-state index in [1.54, 1.807) is 0 Å². The van der Waals surface area contributed by atoms with Crippen molar-refractivity contribution in [2.75, 3.05) is 18.0 Å². The summed E-state index contributed by atoms with van der Waals surface area (Å²) in [4.78, 5) is 8.75. The van der Waals surface area contributed by atoms with Gasteiger partial charge in [0.15, 0.2) is 5.13 Å². The summed E-state index contributed by atoms with van der Waals surface area (Å²) < 4.78 is 0. The molecule has 1 aromatic rings. The summed E-state index contributed by atoms with van der Waals surface area (Å²) in [6, 6.07) is 0.589. The van der Waals surface area contributed by atoms with E-state index < -0.39 is 0 Å². The van der Waals surface area contributed by atoms with Crippen molar-refractivity contribution in [2.24, 2.45) is 0 Å². The number of aromatic nitrogens is 1. The molecule has 0 radical (unpaired) electrons. The van der Waals surface area contributed by atoms with Crippen molar-refractivity contribution in [3.05, 3.63) is 10.6 Å². The number of nitrogens with one attached hydrogen (secondary N) is 1. The molecule has 0 spiro atoms. The van der Waals surface area contributed by atoms with Crippen molar-refractivity contribution in [1.82, 2.24) is 10.3 Å². The minimum Gasteiger partial charge on any atom is -0.349 e. The van der Waals surface area contributed by atoms with Gasteiger partial charge >= 0.3 is 0 Å². The number of hydrogen-bond donors (Lipinski definition) is 1. The van der Waals surface area contributed by atoms with Crippen LogP contribution in [0.15, 0.2) is 0 Å². The van der Waals surface area contributed by atoms with Crippen molar-refractivity contribution in [3.8, 4) is 0 Å². The van der Waals surface area contributed by atoms with Crippen molar-refractivity contribution in [1.29, 1.82) is 0 Å². The molecule has 0 bridgehead atoms. The third-order valence-electron chi connectivity index (χ3n) is 3.94. The van der Waals surface area contributed by atoms with Gasteiger partial charge < -0.3 is 10.2 Å². The number of anilines is 1. The molecule has 1 aromatic heterocycles. The van der Waals surface area contributed by atoms with Gasteiger partial charge in [0, 0.05) is 36.5 Å². The monoisotopic (exact) mass is 281 g/mol. The Morgan fingerprint density at radius 2 is 2.00 bits per heavy atom. The molecule has 0 aliphatic heterocycles. The molecule has 1 aliphatic rings. The van der Waals surface area contributed by atoms with E-state index in [2.05, 4.69) is 37.9 Å². The molecule has 4 heteroatoms. The van der Waals surface area contributed by atoms with Crippen molar-refractivity contribution >= 4 is 16.5 Å². The zero-order chi connectivity index (χ0) is 13.8. The maximum absolute atomic E-state index is 4.92. The Hall–Kier alpha value is -0.610. The second-order valence-electron chi connectivity index (χ2n) is 5.44. The van der Waals surface area contributed by atoms with Gasteiger partial charge in [-0.15, -0.1) is 11.3 Å². The number of nitrogens with zero attached hydrogens (tertiary/aromatic N) is 2. The van der Waals surface area contributed by atoms with Gasteiger partial charge in [-0.3, -0.25) is 0 Å². The molecule has 1 unspecified atom stereocenters. The van der Waals surface area contributed by atoms with E-state index in [1.807, 2.05) is 11.3 Å². The fourth-order valence-electron chi connectivity index (χ4n) is 2.19. The Morgan fingerprint density at radius 1 is 1.32 bits per heavy atom. The fraction of sp³-hybridized carbons (Fsp3) is 0.800. The van der Waals surface area contributed by atoms with Crippen LogP contribution < -0.4 is 10.2 Å². The molecule has 2 rings (SSSR count). The van der Waals surface area contributed by atoms with E-state index in [4.69, 9.17) is 4.98 Å². The summed E-state index contributed by atoms with van der Waals surface area (Å²) in [7, 11) is 0. The van der Waals surface area contributed by atoms with Crippen LogP contribution >= 0.6 is 11.3 Å². The Balaban J connectivity index is 2.11. The Kier molecular flexibility index (Phi) is 5.22. The first-order valence-electron chi connectivity index (χ1n) is 7.67. The predicted octanol–water partition coefficient (Wildman–Crippen LogP) is 3.75. The molecule has 1 saturated carbocycles. The highest BCUT2D eigenvalue weighted by molar-refractivity contribution is 7.15. The topological polar surface area (TPSA) is 28.2 Å².